The van der Waals surface area contributed by atoms with E-state index in [4.69, 9.17) is 5.73 Å². The average molecular weight is 337 g/mol. The zero-order valence-corrected chi connectivity index (χ0v) is 13.8. The van der Waals surface area contributed by atoms with Crippen molar-refractivity contribution in [2.24, 2.45) is 11.7 Å². The summed E-state index contributed by atoms with van der Waals surface area (Å²) >= 11 is 1.10. The lowest BCUT2D eigenvalue weighted by Crippen LogP contribution is -2.37. The van der Waals surface area contributed by atoms with E-state index < -0.39 is 10.8 Å². The highest BCUT2D eigenvalue weighted by Crippen LogP contribution is 2.35. The Kier molecular flexibility index (Phi) is 5.25. The zero-order chi connectivity index (χ0) is 17.1. The number of thioether (sulfide) groups is 1. The van der Waals surface area contributed by atoms with Gasteiger partial charge in [-0.15, -0.1) is 11.8 Å². The molecular weight excluding hydrogens is 318 g/mol. The van der Waals surface area contributed by atoms with Crippen LogP contribution >= 0.6 is 11.8 Å². The van der Waals surface area contributed by atoms with E-state index in [9.17, 15) is 19.7 Å². The molecule has 23 heavy (non-hydrogen) atoms. The number of carbonyl (C=O) groups is 2. The third-order valence-electron chi connectivity index (χ3n) is 4.10. The molecule has 1 aromatic rings. The quantitative estimate of drug-likeness (QED) is 0.465. The first kappa shape index (κ1) is 17.3. The molecule has 0 bridgehead atoms. The number of nitrogens with two attached hydrogens (primary N) is 1. The lowest BCUT2D eigenvalue weighted by molar-refractivity contribution is -0.387. The van der Waals surface area contributed by atoms with E-state index in [1.165, 1.54) is 12.1 Å². The highest BCUT2D eigenvalue weighted by molar-refractivity contribution is 8.00. The van der Waals surface area contributed by atoms with Gasteiger partial charge < -0.3 is 10.6 Å². The fourth-order valence-electron chi connectivity index (χ4n) is 2.30. The second-order valence-corrected chi connectivity index (χ2v) is 6.69. The maximum Gasteiger partial charge on any atom is 0.283 e. The van der Waals surface area contributed by atoms with Crippen LogP contribution in [0.25, 0.3) is 0 Å². The molecule has 0 heterocycles. The van der Waals surface area contributed by atoms with Crippen LogP contribution in [0.2, 0.25) is 0 Å². The van der Waals surface area contributed by atoms with E-state index in [2.05, 4.69) is 0 Å². The fraction of sp³-hybridized carbons (Fsp3) is 0.467. The molecule has 0 radical (unpaired) electrons. The average Bonchev–Trinajstić information content (AvgIpc) is 3.35. The van der Waals surface area contributed by atoms with Gasteiger partial charge in [-0.25, -0.2) is 0 Å². The zero-order valence-electron chi connectivity index (χ0n) is 13.0. The number of hydrogen-bond acceptors (Lipinski definition) is 5. The summed E-state index contributed by atoms with van der Waals surface area (Å²) in [5, 5.41) is 11.1. The summed E-state index contributed by atoms with van der Waals surface area (Å²) < 4.78 is 0. The smallest absolute Gasteiger partial charge is 0.283 e. The van der Waals surface area contributed by atoms with Crippen LogP contribution in [0.5, 0.6) is 0 Å². The van der Waals surface area contributed by atoms with Crippen molar-refractivity contribution in [2.45, 2.75) is 30.7 Å². The van der Waals surface area contributed by atoms with Gasteiger partial charge in [0.2, 0.25) is 11.8 Å². The van der Waals surface area contributed by atoms with E-state index in [-0.39, 0.29) is 29.0 Å². The van der Waals surface area contributed by atoms with Crippen LogP contribution in [0.4, 0.5) is 5.69 Å². The maximum atomic E-state index is 12.2. The van der Waals surface area contributed by atoms with Gasteiger partial charge in [0.05, 0.1) is 15.6 Å². The molecule has 0 aromatic heterocycles. The van der Waals surface area contributed by atoms with E-state index in [1.54, 1.807) is 11.9 Å². The van der Waals surface area contributed by atoms with Gasteiger partial charge in [-0.3, -0.25) is 19.7 Å². The summed E-state index contributed by atoms with van der Waals surface area (Å²) in [6.07, 6.45) is 2.29. The van der Waals surface area contributed by atoms with Gasteiger partial charge >= 0.3 is 0 Å². The number of hydrogen-bond donors (Lipinski definition) is 1. The Labute approximate surface area is 138 Å². The van der Waals surface area contributed by atoms with Crippen LogP contribution in [-0.4, -0.2) is 40.5 Å². The van der Waals surface area contributed by atoms with Crippen molar-refractivity contribution >= 4 is 29.3 Å². The molecule has 2 N–H and O–H groups in total. The van der Waals surface area contributed by atoms with E-state index >= 15 is 0 Å². The summed E-state index contributed by atoms with van der Waals surface area (Å²) in [5.74, 6) is -0.107. The largest absolute Gasteiger partial charge is 0.366 e. The summed E-state index contributed by atoms with van der Waals surface area (Å²) in [5.41, 5.74) is 5.00. The Bertz CT molecular complexity index is 646. The molecule has 1 fully saturated rings. The van der Waals surface area contributed by atoms with Gasteiger partial charge in [-0.05, 0) is 37.8 Å². The second-order valence-electron chi connectivity index (χ2n) is 5.68. The third-order valence-corrected chi connectivity index (χ3v) is 5.15. The van der Waals surface area contributed by atoms with Gasteiger partial charge in [0, 0.05) is 24.7 Å². The molecule has 1 aliphatic carbocycles. The molecule has 2 rings (SSSR count). The topological polar surface area (TPSA) is 107 Å². The number of nitro benzene ring substituents is 1. The Hall–Kier alpha value is -2.09. The van der Waals surface area contributed by atoms with Crippen LogP contribution in [-0.2, 0) is 4.79 Å². The molecule has 1 aliphatic rings. The molecule has 1 aromatic carbocycles. The second kappa shape index (κ2) is 6.99. The number of amides is 2. The van der Waals surface area contributed by atoms with Crippen LogP contribution < -0.4 is 5.73 Å². The van der Waals surface area contributed by atoms with Crippen LogP contribution in [0.3, 0.4) is 0 Å². The predicted molar refractivity (Wildman–Crippen MR) is 87.3 cm³/mol. The molecule has 0 aliphatic heterocycles. The third kappa shape index (κ3) is 4.22. The summed E-state index contributed by atoms with van der Waals surface area (Å²) in [6, 6.07) is 4.22. The highest BCUT2D eigenvalue weighted by atomic mass is 32.2. The van der Waals surface area contributed by atoms with Gasteiger partial charge in [-0.2, -0.15) is 0 Å². The van der Waals surface area contributed by atoms with Gasteiger partial charge in [-0.1, -0.05) is 0 Å². The van der Waals surface area contributed by atoms with Crippen molar-refractivity contribution in [3.8, 4) is 0 Å². The molecule has 0 saturated heterocycles. The van der Waals surface area contributed by atoms with E-state index in [0.717, 1.165) is 30.7 Å². The lowest BCUT2D eigenvalue weighted by atomic mass is 10.2. The Morgan fingerprint density at radius 2 is 2.13 bits per heavy atom. The highest BCUT2D eigenvalue weighted by Gasteiger charge is 2.32. The minimum atomic E-state index is -0.723. The Morgan fingerprint density at radius 3 is 2.65 bits per heavy atom. The van der Waals surface area contributed by atoms with Crippen molar-refractivity contribution in [1.82, 2.24) is 4.90 Å². The Morgan fingerprint density at radius 1 is 1.48 bits per heavy atom. The molecule has 1 saturated carbocycles. The lowest BCUT2D eigenvalue weighted by Gasteiger charge is -2.24. The van der Waals surface area contributed by atoms with Crippen LogP contribution in [0, 0.1) is 16.0 Å². The predicted octanol–water partition coefficient (Wildman–Crippen LogP) is 2.04. The number of rotatable bonds is 7. The van der Waals surface area contributed by atoms with Crippen molar-refractivity contribution < 1.29 is 14.5 Å². The number of carbonyl (C=O) groups excluding carboxylic acids is 2. The standard InChI is InChI=1S/C15H19N3O4S/c1-9(10-3-4-10)17(2)14(19)8-23-13-6-5-11(15(16)20)7-12(13)18(21)22/h5-7,9-10H,3-4,8H2,1-2H3,(H2,16,20). The molecular formula is C15H19N3O4S. The molecule has 0 spiro atoms. The van der Waals surface area contributed by atoms with Gasteiger partial charge in [0.1, 0.15) is 0 Å². The molecule has 2 amide bonds. The fourth-order valence-corrected chi connectivity index (χ4v) is 3.23. The van der Waals surface area contributed by atoms with Crippen molar-refractivity contribution in [3.63, 3.8) is 0 Å². The monoisotopic (exact) mass is 337 g/mol. The molecule has 1 unspecified atom stereocenters. The summed E-state index contributed by atoms with van der Waals surface area (Å²) in [7, 11) is 1.76. The normalized spacial score (nSPS) is 15.0. The minimum Gasteiger partial charge on any atom is -0.366 e. The van der Waals surface area contributed by atoms with E-state index in [0.29, 0.717) is 10.8 Å². The van der Waals surface area contributed by atoms with Gasteiger partial charge in [0.15, 0.2) is 0 Å². The molecule has 124 valence electrons. The van der Waals surface area contributed by atoms with Gasteiger partial charge in [0.25, 0.3) is 5.69 Å². The van der Waals surface area contributed by atoms with Crippen molar-refractivity contribution in [3.05, 3.63) is 33.9 Å². The molecule has 8 heteroatoms. The molecule has 7 nitrogen and oxygen atoms in total. The van der Waals surface area contributed by atoms with Crippen molar-refractivity contribution in [1.29, 1.82) is 0 Å². The minimum absolute atomic E-state index is 0.0670. The first-order chi connectivity index (χ1) is 10.8. The molecule has 1 atom stereocenters. The number of primary amides is 1. The van der Waals surface area contributed by atoms with Crippen LogP contribution in [0.1, 0.15) is 30.1 Å². The summed E-state index contributed by atoms with van der Waals surface area (Å²) in [6.45, 7) is 2.02. The van der Waals surface area contributed by atoms with Crippen LogP contribution in [0.15, 0.2) is 23.1 Å². The first-order valence-electron chi connectivity index (χ1n) is 7.28. The Balaban J connectivity index is 2.05. The van der Waals surface area contributed by atoms with E-state index in [1.807, 2.05) is 6.92 Å². The number of nitrogens with zero attached hydrogens (tertiary/aromatic N) is 2. The van der Waals surface area contributed by atoms with Crippen molar-refractivity contribution in [2.75, 3.05) is 12.8 Å². The number of benzene rings is 1. The number of nitro groups is 1. The maximum absolute atomic E-state index is 12.2. The summed E-state index contributed by atoms with van der Waals surface area (Å²) in [4.78, 5) is 35.9. The first-order valence-corrected chi connectivity index (χ1v) is 8.26. The SMILES string of the molecule is CC(C1CC1)N(C)C(=O)CSc1ccc(C(N)=O)cc1[N+](=O)[O-].